The zero-order chi connectivity index (χ0) is 21.9. The minimum absolute atomic E-state index is 0.111. The molecule has 2 aliphatic heterocycles. The van der Waals surface area contributed by atoms with Crippen molar-refractivity contribution in [2.75, 3.05) is 19.6 Å². The number of nitrogens with zero attached hydrogens (tertiary/aromatic N) is 4. The smallest absolute Gasteiger partial charge is 0.254 e. The van der Waals surface area contributed by atoms with Crippen molar-refractivity contribution in [2.45, 2.75) is 38.3 Å². The summed E-state index contributed by atoms with van der Waals surface area (Å²) in [6, 6.07) is 14.0. The highest BCUT2D eigenvalue weighted by atomic mass is 32.1. The van der Waals surface area contributed by atoms with Gasteiger partial charge in [0.2, 0.25) is 5.91 Å². The molecule has 4 heterocycles. The van der Waals surface area contributed by atoms with Gasteiger partial charge in [0.15, 0.2) is 0 Å². The van der Waals surface area contributed by atoms with E-state index >= 15 is 0 Å². The summed E-state index contributed by atoms with van der Waals surface area (Å²) in [4.78, 5) is 31.5. The van der Waals surface area contributed by atoms with Crippen LogP contribution in [0.1, 0.15) is 40.1 Å². The molecule has 2 aliphatic rings. The number of hydrogen-bond acceptors (Lipinski definition) is 4. The monoisotopic (exact) mass is 448 g/mol. The molecule has 0 spiro atoms. The molecule has 32 heavy (non-hydrogen) atoms. The largest absolute Gasteiger partial charge is 0.342 e. The molecule has 0 saturated carbocycles. The number of carbonyl (C=O) groups excluding carboxylic acids is 2. The third-order valence-corrected chi connectivity index (χ3v) is 7.54. The van der Waals surface area contributed by atoms with Gasteiger partial charge < -0.3 is 9.80 Å². The number of piperidine rings is 2. The quantitative estimate of drug-likeness (QED) is 0.598. The lowest BCUT2D eigenvalue weighted by atomic mass is 9.83. The summed E-state index contributed by atoms with van der Waals surface area (Å²) in [5.74, 6) is 0.682. The van der Waals surface area contributed by atoms with E-state index in [0.717, 1.165) is 54.9 Å². The molecule has 7 heteroatoms. The maximum Gasteiger partial charge on any atom is 0.254 e. The maximum absolute atomic E-state index is 13.5. The molecule has 6 nitrogen and oxygen atoms in total. The summed E-state index contributed by atoms with van der Waals surface area (Å²) < 4.78 is 1.86. The molecule has 0 bridgehead atoms. The summed E-state index contributed by atoms with van der Waals surface area (Å²) in [6.07, 6.45) is 7.11. The average molecular weight is 449 g/mol. The topological polar surface area (TPSA) is 58.4 Å². The maximum atomic E-state index is 13.5. The Labute approximate surface area is 192 Å². The first kappa shape index (κ1) is 20.9. The van der Waals surface area contributed by atoms with Gasteiger partial charge in [-0.1, -0.05) is 18.2 Å². The van der Waals surface area contributed by atoms with E-state index in [4.69, 9.17) is 0 Å². The second-order valence-corrected chi connectivity index (χ2v) is 9.79. The van der Waals surface area contributed by atoms with Crippen LogP contribution in [0.25, 0.3) is 0 Å². The second kappa shape index (κ2) is 9.28. The summed E-state index contributed by atoms with van der Waals surface area (Å²) >= 11 is 1.64. The highest BCUT2D eigenvalue weighted by Gasteiger charge is 2.39. The number of rotatable bonds is 5. The van der Waals surface area contributed by atoms with Gasteiger partial charge in [-0.25, -0.2) is 0 Å². The first-order valence-corrected chi connectivity index (χ1v) is 12.2. The van der Waals surface area contributed by atoms with Crippen LogP contribution < -0.4 is 0 Å². The standard InChI is InChI=1S/C25H28N4O2S/c30-24(16-22-8-3-14-32-22)27-13-9-23-21(18-27)7-2-12-29(23)25(31)20-6-1-5-19(15-20)17-28-11-4-10-26-28/h1,3-6,8,10-11,14-15,21,23H,2,7,9,12-13,16-18H2/t21-,23+/m1/s1. The zero-order valence-electron chi connectivity index (χ0n) is 18.1. The fraction of sp³-hybridized carbons (Fsp3) is 0.400. The summed E-state index contributed by atoms with van der Waals surface area (Å²) in [5, 5.41) is 6.28. The van der Waals surface area contributed by atoms with Gasteiger partial charge in [-0.3, -0.25) is 14.3 Å². The van der Waals surface area contributed by atoms with Crippen molar-refractivity contribution in [3.05, 3.63) is 76.2 Å². The number of aromatic nitrogens is 2. The fourth-order valence-electron chi connectivity index (χ4n) is 5.11. The number of hydrogen-bond donors (Lipinski definition) is 0. The third kappa shape index (κ3) is 4.48. The van der Waals surface area contributed by atoms with E-state index in [1.807, 2.05) is 63.6 Å². The Bertz CT molecular complexity index is 1060. The lowest BCUT2D eigenvalue weighted by Crippen LogP contribution is -2.56. The predicted molar refractivity (Wildman–Crippen MR) is 125 cm³/mol. The Balaban J connectivity index is 1.25. The number of benzene rings is 1. The van der Waals surface area contributed by atoms with Crippen LogP contribution in [0.2, 0.25) is 0 Å². The number of fused-ring (bicyclic) bond motifs is 1. The Kier molecular flexibility index (Phi) is 6.08. The van der Waals surface area contributed by atoms with E-state index in [1.165, 1.54) is 0 Å². The number of thiophene rings is 1. The Morgan fingerprint density at radius 3 is 2.84 bits per heavy atom. The van der Waals surface area contributed by atoms with Gasteiger partial charge in [0.05, 0.1) is 13.0 Å². The van der Waals surface area contributed by atoms with Crippen LogP contribution in [0.15, 0.2) is 60.2 Å². The fourth-order valence-corrected chi connectivity index (χ4v) is 5.80. The molecule has 3 aromatic rings. The average Bonchev–Trinajstić information content (AvgIpc) is 3.52. The molecular weight excluding hydrogens is 420 g/mol. The van der Waals surface area contributed by atoms with Gasteiger partial charge in [-0.05, 0) is 60.4 Å². The lowest BCUT2D eigenvalue weighted by Gasteiger charge is -2.47. The number of likely N-dealkylation sites (tertiary alicyclic amines) is 2. The van der Waals surface area contributed by atoms with Gasteiger partial charge >= 0.3 is 0 Å². The van der Waals surface area contributed by atoms with Crippen molar-refractivity contribution < 1.29 is 9.59 Å². The van der Waals surface area contributed by atoms with Crippen LogP contribution in [-0.2, 0) is 17.8 Å². The molecule has 2 amide bonds. The van der Waals surface area contributed by atoms with Gasteiger partial charge in [0.1, 0.15) is 0 Å². The number of carbonyl (C=O) groups is 2. The number of amides is 2. The van der Waals surface area contributed by atoms with Crippen LogP contribution in [0.4, 0.5) is 0 Å². The minimum atomic E-state index is 0.111. The van der Waals surface area contributed by atoms with Crippen LogP contribution in [-0.4, -0.2) is 57.1 Å². The van der Waals surface area contributed by atoms with E-state index < -0.39 is 0 Å². The first-order chi connectivity index (χ1) is 15.7. The molecule has 0 unspecified atom stereocenters. The van der Waals surface area contributed by atoms with Crippen molar-refractivity contribution in [1.82, 2.24) is 19.6 Å². The third-order valence-electron chi connectivity index (χ3n) is 6.66. The lowest BCUT2D eigenvalue weighted by molar-refractivity contribution is -0.133. The van der Waals surface area contributed by atoms with Crippen molar-refractivity contribution in [3.63, 3.8) is 0 Å². The first-order valence-electron chi connectivity index (χ1n) is 11.3. The summed E-state index contributed by atoms with van der Waals surface area (Å²) in [5.41, 5.74) is 1.81. The van der Waals surface area contributed by atoms with E-state index in [-0.39, 0.29) is 17.9 Å². The minimum Gasteiger partial charge on any atom is -0.342 e. The molecule has 2 aromatic heterocycles. The Morgan fingerprint density at radius 2 is 2.03 bits per heavy atom. The normalized spacial score (nSPS) is 20.8. The van der Waals surface area contributed by atoms with Crippen molar-refractivity contribution in [2.24, 2.45) is 5.92 Å². The molecule has 1 aromatic carbocycles. The Morgan fingerprint density at radius 1 is 1.09 bits per heavy atom. The van der Waals surface area contributed by atoms with Gasteiger partial charge in [0, 0.05) is 48.5 Å². The van der Waals surface area contributed by atoms with Crippen LogP contribution >= 0.6 is 11.3 Å². The van der Waals surface area contributed by atoms with Crippen LogP contribution in [0.3, 0.4) is 0 Å². The van der Waals surface area contributed by atoms with Crippen LogP contribution in [0.5, 0.6) is 0 Å². The molecule has 0 radical (unpaired) electrons. The van der Waals surface area contributed by atoms with E-state index in [2.05, 4.69) is 10.00 Å². The van der Waals surface area contributed by atoms with Crippen LogP contribution in [0, 0.1) is 5.92 Å². The molecular formula is C25H28N4O2S. The summed E-state index contributed by atoms with van der Waals surface area (Å²) in [7, 11) is 0. The van der Waals surface area contributed by atoms with Crippen molar-refractivity contribution >= 4 is 23.2 Å². The van der Waals surface area contributed by atoms with Crippen molar-refractivity contribution in [1.29, 1.82) is 0 Å². The predicted octanol–water partition coefficient (Wildman–Crippen LogP) is 3.69. The molecule has 2 atom stereocenters. The molecule has 0 N–H and O–H groups in total. The highest BCUT2D eigenvalue weighted by Crippen LogP contribution is 2.32. The molecule has 2 saturated heterocycles. The second-order valence-electron chi connectivity index (χ2n) is 8.76. The van der Waals surface area contributed by atoms with Gasteiger partial charge in [0.25, 0.3) is 5.91 Å². The molecule has 2 fully saturated rings. The molecule has 166 valence electrons. The van der Waals surface area contributed by atoms with Crippen molar-refractivity contribution in [3.8, 4) is 0 Å². The highest BCUT2D eigenvalue weighted by molar-refractivity contribution is 7.10. The van der Waals surface area contributed by atoms with Gasteiger partial charge in [-0.2, -0.15) is 5.10 Å². The van der Waals surface area contributed by atoms with E-state index in [1.54, 1.807) is 17.5 Å². The molecule has 0 aliphatic carbocycles. The molecule has 5 rings (SSSR count). The van der Waals surface area contributed by atoms with Gasteiger partial charge in [-0.15, -0.1) is 11.3 Å². The zero-order valence-corrected chi connectivity index (χ0v) is 18.9. The Hall–Kier alpha value is -2.93. The van der Waals surface area contributed by atoms with E-state index in [9.17, 15) is 9.59 Å². The SMILES string of the molecule is O=C(Cc1cccs1)N1CC[C@H]2[C@H](CCCN2C(=O)c2cccc(Cn3cccn3)c2)C1. The summed E-state index contributed by atoms with van der Waals surface area (Å²) in [6.45, 7) is 2.94. The van der Waals surface area contributed by atoms with E-state index in [0.29, 0.717) is 18.9 Å².